The maximum Gasteiger partial charge on any atom is 0.519 e. The van der Waals surface area contributed by atoms with E-state index in [-0.39, 0.29) is 23.0 Å². The van der Waals surface area contributed by atoms with E-state index < -0.39 is 6.16 Å². The molecule has 0 radical (unpaired) electrons. The highest BCUT2D eigenvalue weighted by atomic mass is 16.7. The van der Waals surface area contributed by atoms with Gasteiger partial charge in [0.05, 0.1) is 12.2 Å². The van der Waals surface area contributed by atoms with Crippen molar-refractivity contribution in [1.82, 2.24) is 0 Å². The summed E-state index contributed by atoms with van der Waals surface area (Å²) >= 11 is 0. The van der Waals surface area contributed by atoms with Crippen molar-refractivity contribution in [2.45, 2.75) is 115 Å². The molecule has 0 aromatic heterocycles. The predicted molar refractivity (Wildman–Crippen MR) is 161 cm³/mol. The Morgan fingerprint density at radius 1 is 0.667 bits per heavy atom. The van der Waals surface area contributed by atoms with E-state index in [4.69, 9.17) is 9.47 Å². The highest BCUT2D eigenvalue weighted by molar-refractivity contribution is 5.67. The summed E-state index contributed by atoms with van der Waals surface area (Å²) in [6.45, 7) is 4.63. The second-order valence-electron chi connectivity index (χ2n) is 15.3. The van der Waals surface area contributed by atoms with E-state index in [0.29, 0.717) is 47.0 Å². The zero-order valence-corrected chi connectivity index (χ0v) is 25.2. The standard InChI is InChI=1S/C37H46O5/c1-36-17-15-27-25-9-5-23(19-21(25)3-7-29(27)31(36)11-13-33(36)38)41-35(40)42-24-6-10-26-22(20-24)4-8-30-28(26)16-18-37(2)32(30)12-14-34(37)39/h5-6,9-10,19-20,27-34,38-39H,3-4,7-8,11-18H2,1-2H3/t27-,28-,29-,30-,31+,32+,33+,34+,36+,37+/m1/s1. The van der Waals surface area contributed by atoms with Gasteiger partial charge in [0.2, 0.25) is 0 Å². The summed E-state index contributed by atoms with van der Waals surface area (Å²) < 4.78 is 11.4. The molecule has 224 valence electrons. The Hall–Kier alpha value is -2.37. The van der Waals surface area contributed by atoms with E-state index in [2.05, 4.69) is 26.0 Å². The molecule has 2 aromatic carbocycles. The van der Waals surface area contributed by atoms with Gasteiger partial charge in [-0.15, -0.1) is 0 Å². The van der Waals surface area contributed by atoms with Crippen molar-refractivity contribution in [1.29, 1.82) is 0 Å². The Morgan fingerprint density at radius 2 is 1.12 bits per heavy atom. The molecule has 5 heteroatoms. The van der Waals surface area contributed by atoms with E-state index in [9.17, 15) is 15.0 Å². The fourth-order valence-electron chi connectivity index (χ4n) is 11.4. The summed E-state index contributed by atoms with van der Waals surface area (Å²) in [5.74, 6) is 4.72. The molecule has 4 saturated carbocycles. The van der Waals surface area contributed by atoms with Crippen LogP contribution in [0.3, 0.4) is 0 Å². The molecule has 2 N–H and O–H groups in total. The number of fused-ring (bicyclic) bond motifs is 10. The van der Waals surface area contributed by atoms with Crippen LogP contribution in [0.2, 0.25) is 0 Å². The van der Waals surface area contributed by atoms with Crippen LogP contribution in [0.15, 0.2) is 36.4 Å². The van der Waals surface area contributed by atoms with Gasteiger partial charge in [-0.1, -0.05) is 26.0 Å². The van der Waals surface area contributed by atoms with Gasteiger partial charge in [0, 0.05) is 0 Å². The van der Waals surface area contributed by atoms with Gasteiger partial charge in [-0.3, -0.25) is 0 Å². The van der Waals surface area contributed by atoms with E-state index in [1.807, 2.05) is 24.3 Å². The highest BCUT2D eigenvalue weighted by Crippen LogP contribution is 2.62. The number of hydrogen-bond donors (Lipinski definition) is 2. The Morgan fingerprint density at radius 3 is 1.57 bits per heavy atom. The number of aryl methyl sites for hydroxylation is 2. The fraction of sp³-hybridized carbons (Fsp3) is 0.649. The first-order valence-electron chi connectivity index (χ1n) is 16.8. The van der Waals surface area contributed by atoms with E-state index in [1.54, 1.807) is 0 Å². The van der Waals surface area contributed by atoms with Crippen molar-refractivity contribution >= 4 is 6.16 Å². The fourth-order valence-corrected chi connectivity index (χ4v) is 11.4. The van der Waals surface area contributed by atoms with Gasteiger partial charge < -0.3 is 19.7 Å². The molecular formula is C37H46O5. The second kappa shape index (κ2) is 9.82. The molecule has 0 unspecified atom stereocenters. The maximum absolute atomic E-state index is 12.9. The third kappa shape index (κ3) is 4.05. The van der Waals surface area contributed by atoms with Gasteiger partial charge in [0.25, 0.3) is 0 Å². The molecule has 0 amide bonds. The van der Waals surface area contributed by atoms with E-state index in [1.165, 1.54) is 22.3 Å². The van der Waals surface area contributed by atoms with E-state index in [0.717, 1.165) is 77.0 Å². The first-order valence-corrected chi connectivity index (χ1v) is 16.8. The van der Waals surface area contributed by atoms with Crippen LogP contribution in [0.1, 0.15) is 112 Å². The van der Waals surface area contributed by atoms with Gasteiger partial charge in [0.15, 0.2) is 0 Å². The van der Waals surface area contributed by atoms with Gasteiger partial charge in [-0.25, -0.2) is 4.79 Å². The Balaban J connectivity index is 0.934. The minimum absolute atomic E-state index is 0.0845. The van der Waals surface area contributed by atoms with Crippen LogP contribution in [0.5, 0.6) is 11.5 Å². The van der Waals surface area contributed by atoms with E-state index >= 15 is 0 Å². The van der Waals surface area contributed by atoms with Crippen LogP contribution in [0, 0.1) is 34.5 Å². The first-order chi connectivity index (χ1) is 20.2. The molecule has 5 nitrogen and oxygen atoms in total. The smallest absolute Gasteiger partial charge is 0.395 e. The molecule has 0 heterocycles. The maximum atomic E-state index is 12.9. The lowest BCUT2D eigenvalue weighted by atomic mass is 9.55. The molecule has 0 aliphatic heterocycles. The van der Waals surface area contributed by atoms with Crippen LogP contribution in [0.4, 0.5) is 4.79 Å². The largest absolute Gasteiger partial charge is 0.519 e. The summed E-state index contributed by atoms with van der Waals surface area (Å²) in [6, 6.07) is 12.3. The summed E-state index contributed by atoms with van der Waals surface area (Å²) in [4.78, 5) is 12.9. The Labute approximate surface area is 250 Å². The third-order valence-electron chi connectivity index (χ3n) is 13.7. The minimum atomic E-state index is -0.681. The lowest BCUT2D eigenvalue weighted by Crippen LogP contribution is -2.43. The van der Waals surface area contributed by atoms with Crippen LogP contribution in [0.25, 0.3) is 0 Å². The van der Waals surface area contributed by atoms with Crippen LogP contribution in [-0.2, 0) is 12.8 Å². The summed E-state index contributed by atoms with van der Waals surface area (Å²) in [5.41, 5.74) is 5.59. The van der Waals surface area contributed by atoms with Crippen molar-refractivity contribution in [3.05, 3.63) is 58.7 Å². The number of rotatable bonds is 2. The lowest BCUT2D eigenvalue weighted by Gasteiger charge is -2.50. The van der Waals surface area contributed by atoms with Crippen LogP contribution in [-0.4, -0.2) is 28.6 Å². The van der Waals surface area contributed by atoms with Crippen molar-refractivity contribution in [2.75, 3.05) is 0 Å². The number of hydrogen-bond acceptors (Lipinski definition) is 5. The molecule has 4 fully saturated rings. The number of carbonyl (C=O) groups is 1. The summed E-state index contributed by atoms with van der Waals surface area (Å²) in [6.07, 6.45) is 11.9. The SMILES string of the molecule is C[C@]12CC[C@@H]3c4ccc(OC(=O)Oc5ccc6c(c5)CC[C@@H]5[C@@H]6CC[C@]6(C)[C@@H](O)CC[C@@H]56)cc4CC[C@H]3[C@@H]1CC[C@@H]2O. The van der Waals surface area contributed by atoms with Gasteiger partial charge in [0.1, 0.15) is 11.5 Å². The van der Waals surface area contributed by atoms with Crippen molar-refractivity contribution in [2.24, 2.45) is 34.5 Å². The number of aliphatic hydroxyl groups is 2. The minimum Gasteiger partial charge on any atom is -0.395 e. The topological polar surface area (TPSA) is 76.0 Å². The number of aliphatic hydroxyl groups excluding tert-OH is 2. The number of benzene rings is 2. The number of carbonyl (C=O) groups excluding carboxylic acids is 1. The van der Waals surface area contributed by atoms with Crippen LogP contribution >= 0.6 is 0 Å². The molecule has 6 aliphatic carbocycles. The first kappa shape index (κ1) is 27.2. The van der Waals surface area contributed by atoms with Crippen molar-refractivity contribution in [3.63, 3.8) is 0 Å². The molecule has 8 rings (SSSR count). The number of ether oxygens (including phenoxy) is 2. The second-order valence-corrected chi connectivity index (χ2v) is 15.3. The molecule has 6 aliphatic rings. The average Bonchev–Trinajstić information content (AvgIpc) is 3.46. The molecular weight excluding hydrogens is 524 g/mol. The lowest BCUT2D eigenvalue weighted by molar-refractivity contribution is -0.0226. The van der Waals surface area contributed by atoms with Gasteiger partial charge in [-0.05, 0) is 170 Å². The van der Waals surface area contributed by atoms with Crippen molar-refractivity contribution < 1.29 is 24.5 Å². The van der Waals surface area contributed by atoms with Gasteiger partial charge >= 0.3 is 6.16 Å². The van der Waals surface area contributed by atoms with Gasteiger partial charge in [-0.2, -0.15) is 0 Å². The molecule has 2 aromatic rings. The molecule has 10 atom stereocenters. The summed E-state index contributed by atoms with van der Waals surface area (Å²) in [5, 5.41) is 21.4. The molecule has 0 bridgehead atoms. The predicted octanol–water partition coefficient (Wildman–Crippen LogP) is 7.70. The van der Waals surface area contributed by atoms with Crippen LogP contribution < -0.4 is 9.47 Å². The Kier molecular flexibility index (Phi) is 6.36. The molecule has 42 heavy (non-hydrogen) atoms. The molecule has 0 saturated heterocycles. The quantitative estimate of drug-likeness (QED) is 0.286. The zero-order valence-electron chi connectivity index (χ0n) is 25.2. The summed E-state index contributed by atoms with van der Waals surface area (Å²) in [7, 11) is 0. The third-order valence-corrected chi connectivity index (χ3v) is 13.7. The monoisotopic (exact) mass is 570 g/mol. The highest BCUT2D eigenvalue weighted by Gasteiger charge is 2.55. The molecule has 0 spiro atoms. The Bertz CT molecular complexity index is 1300. The normalized spacial score (nSPS) is 41.4. The average molecular weight is 571 g/mol. The zero-order chi connectivity index (χ0) is 28.8. The van der Waals surface area contributed by atoms with Crippen molar-refractivity contribution in [3.8, 4) is 11.5 Å².